The number of ketones is 1. The highest BCUT2D eigenvalue weighted by molar-refractivity contribution is 14.1. The molecule has 1 saturated heterocycles. The van der Waals surface area contributed by atoms with Crippen molar-refractivity contribution in [1.82, 2.24) is 4.98 Å². The van der Waals surface area contributed by atoms with Crippen molar-refractivity contribution >= 4 is 37.6 Å². The minimum atomic E-state index is -0.295. The zero-order valence-corrected chi connectivity index (χ0v) is 13.6. The molecule has 106 valence electrons. The quantitative estimate of drug-likeness (QED) is 0.752. The smallest absolute Gasteiger partial charge is 0.163 e. The van der Waals surface area contributed by atoms with Crippen LogP contribution in [0.2, 0.25) is 0 Å². The number of aromatic nitrogens is 1. The Labute approximate surface area is 132 Å². The van der Waals surface area contributed by atoms with Gasteiger partial charge in [0.2, 0.25) is 0 Å². The number of hydrogen-bond donors (Lipinski definition) is 0. The van der Waals surface area contributed by atoms with E-state index in [0.29, 0.717) is 19.6 Å². The summed E-state index contributed by atoms with van der Waals surface area (Å²) in [6, 6.07) is 2.19. The third-order valence-electron chi connectivity index (χ3n) is 3.83. The molecule has 20 heavy (non-hydrogen) atoms. The maximum atomic E-state index is 11.8. The molecule has 1 aromatic rings. The number of pyridine rings is 1. The monoisotopic (exact) mass is 384 g/mol. The normalized spacial score (nSPS) is 21.6. The number of ether oxygens (including phenoxy) is 1. The Morgan fingerprint density at radius 1 is 1.60 bits per heavy atom. The molecule has 3 rings (SSSR count). The van der Waals surface area contributed by atoms with Crippen molar-refractivity contribution in [3.8, 4) is 0 Å². The molecule has 2 heterocycles. The summed E-state index contributed by atoms with van der Waals surface area (Å²) in [5.41, 5.74) is 3.46. The molecule has 5 heteroatoms. The highest BCUT2D eigenvalue weighted by Gasteiger charge is 2.26. The van der Waals surface area contributed by atoms with E-state index >= 15 is 0 Å². The molecule has 0 N–H and O–H groups in total. The third kappa shape index (κ3) is 2.61. The molecule has 1 unspecified atom stereocenters. The summed E-state index contributed by atoms with van der Waals surface area (Å²) in [4.78, 5) is 18.6. The lowest BCUT2D eigenvalue weighted by molar-refractivity contribution is -0.130. The molecule has 1 atom stereocenters. The van der Waals surface area contributed by atoms with Gasteiger partial charge < -0.3 is 9.64 Å². The Kier molecular flexibility index (Phi) is 4.07. The molecule has 1 aliphatic carbocycles. The van der Waals surface area contributed by atoms with Crippen LogP contribution in [0.15, 0.2) is 18.3 Å². The Morgan fingerprint density at radius 3 is 3.25 bits per heavy atom. The number of Topliss-reactive ketones (excluding diaryl/α,β-unsaturated/α-hetero) is 1. The first-order valence-corrected chi connectivity index (χ1v) is 8.01. The van der Waals surface area contributed by atoms with E-state index in [2.05, 4.69) is 44.6 Å². The van der Waals surface area contributed by atoms with Crippen molar-refractivity contribution in [2.24, 2.45) is 0 Å². The lowest BCUT2D eigenvalue weighted by atomic mass is 10.1. The maximum Gasteiger partial charge on any atom is 0.163 e. The van der Waals surface area contributed by atoms with E-state index in [9.17, 15) is 4.79 Å². The van der Waals surface area contributed by atoms with E-state index in [1.165, 1.54) is 9.14 Å². The van der Waals surface area contributed by atoms with Crippen LogP contribution in [0.1, 0.15) is 24.6 Å². The standard InChI is InChI=1S/C15H17IN2O2/c1-2-14(19)15-9-18(5-6-20-15)10-7-11-12(16)3-4-13(11)17-8-10/h3,7-8,15H,2,4-6,9H2,1H3. The number of morpholine rings is 1. The summed E-state index contributed by atoms with van der Waals surface area (Å²) < 4.78 is 6.84. The Bertz CT molecular complexity index is 571. The topological polar surface area (TPSA) is 42.4 Å². The fraction of sp³-hybridized carbons (Fsp3) is 0.467. The number of allylic oxidation sites excluding steroid dienone is 1. The van der Waals surface area contributed by atoms with Gasteiger partial charge in [0.25, 0.3) is 0 Å². The van der Waals surface area contributed by atoms with Crippen LogP contribution < -0.4 is 4.90 Å². The summed E-state index contributed by atoms with van der Waals surface area (Å²) in [6.45, 7) is 3.93. The van der Waals surface area contributed by atoms with Gasteiger partial charge in [-0.1, -0.05) is 13.0 Å². The van der Waals surface area contributed by atoms with Crippen molar-refractivity contribution in [1.29, 1.82) is 0 Å². The number of nitrogens with zero attached hydrogens (tertiary/aromatic N) is 2. The molecule has 0 aromatic carbocycles. The highest BCUT2D eigenvalue weighted by atomic mass is 127. The van der Waals surface area contributed by atoms with E-state index in [0.717, 1.165) is 24.3 Å². The van der Waals surface area contributed by atoms with Gasteiger partial charge in [-0.2, -0.15) is 0 Å². The summed E-state index contributed by atoms with van der Waals surface area (Å²) in [6.07, 6.45) is 5.28. The van der Waals surface area contributed by atoms with Crippen molar-refractivity contribution in [2.45, 2.75) is 25.9 Å². The van der Waals surface area contributed by atoms with E-state index in [1.54, 1.807) is 0 Å². The summed E-state index contributed by atoms with van der Waals surface area (Å²) in [5, 5.41) is 0. The van der Waals surface area contributed by atoms with E-state index in [1.807, 2.05) is 13.1 Å². The second-order valence-electron chi connectivity index (χ2n) is 5.07. The van der Waals surface area contributed by atoms with Crippen molar-refractivity contribution < 1.29 is 9.53 Å². The average molecular weight is 384 g/mol. The SMILES string of the molecule is CCC(=O)C1CN(c2cnc3c(c2)C(I)=CC3)CCO1. The molecule has 1 aliphatic heterocycles. The predicted molar refractivity (Wildman–Crippen MR) is 87.2 cm³/mol. The fourth-order valence-corrected chi connectivity index (χ4v) is 3.31. The number of rotatable bonds is 3. The minimum absolute atomic E-state index is 0.179. The van der Waals surface area contributed by atoms with Crippen LogP contribution in [0.5, 0.6) is 0 Å². The first-order chi connectivity index (χ1) is 9.69. The predicted octanol–water partition coefficient (Wildman–Crippen LogP) is 2.60. The maximum absolute atomic E-state index is 11.8. The summed E-state index contributed by atoms with van der Waals surface area (Å²) in [7, 11) is 0. The number of carbonyl (C=O) groups excluding carboxylic acids is 1. The third-order valence-corrected chi connectivity index (χ3v) is 4.85. The van der Waals surface area contributed by atoms with Crippen molar-refractivity contribution in [3.63, 3.8) is 0 Å². The molecule has 1 aromatic heterocycles. The first kappa shape index (κ1) is 14.0. The van der Waals surface area contributed by atoms with Crippen molar-refractivity contribution in [3.05, 3.63) is 29.6 Å². The van der Waals surface area contributed by atoms with Crippen LogP contribution >= 0.6 is 22.6 Å². The number of carbonyl (C=O) groups is 1. The molecule has 2 aliphatic rings. The van der Waals surface area contributed by atoms with E-state index < -0.39 is 0 Å². The zero-order chi connectivity index (χ0) is 14.1. The lowest BCUT2D eigenvalue weighted by Crippen LogP contribution is -2.46. The summed E-state index contributed by atoms with van der Waals surface area (Å²) in [5.74, 6) is 0.179. The van der Waals surface area contributed by atoms with Gasteiger partial charge in [-0.25, -0.2) is 0 Å². The molecule has 0 saturated carbocycles. The summed E-state index contributed by atoms with van der Waals surface area (Å²) >= 11 is 2.36. The molecule has 4 nitrogen and oxygen atoms in total. The van der Waals surface area contributed by atoms with Gasteiger partial charge >= 0.3 is 0 Å². The zero-order valence-electron chi connectivity index (χ0n) is 11.4. The van der Waals surface area contributed by atoms with Gasteiger partial charge in [0.05, 0.1) is 30.7 Å². The first-order valence-electron chi connectivity index (χ1n) is 6.93. The minimum Gasteiger partial charge on any atom is -0.367 e. The van der Waals surface area contributed by atoms with Crippen LogP contribution in [0.3, 0.4) is 0 Å². The fourth-order valence-electron chi connectivity index (χ4n) is 2.63. The van der Waals surface area contributed by atoms with Crippen LogP contribution in [-0.2, 0) is 16.0 Å². The van der Waals surface area contributed by atoms with Crippen LogP contribution in [0, 0.1) is 0 Å². The van der Waals surface area contributed by atoms with Crippen LogP contribution in [-0.4, -0.2) is 36.6 Å². The second kappa shape index (κ2) is 5.81. The van der Waals surface area contributed by atoms with E-state index in [-0.39, 0.29) is 11.9 Å². The van der Waals surface area contributed by atoms with Gasteiger partial charge in [0.15, 0.2) is 5.78 Å². The molecule has 0 amide bonds. The lowest BCUT2D eigenvalue weighted by Gasteiger charge is -2.33. The number of halogens is 1. The number of fused-ring (bicyclic) bond motifs is 1. The molecule has 1 fully saturated rings. The van der Waals surface area contributed by atoms with Gasteiger partial charge in [-0.05, 0) is 28.7 Å². The Balaban J connectivity index is 1.81. The van der Waals surface area contributed by atoms with E-state index in [4.69, 9.17) is 4.74 Å². The number of hydrogen-bond acceptors (Lipinski definition) is 4. The largest absolute Gasteiger partial charge is 0.367 e. The number of anilines is 1. The van der Waals surface area contributed by atoms with Gasteiger partial charge in [-0.15, -0.1) is 0 Å². The Hall–Kier alpha value is -0.950. The second-order valence-corrected chi connectivity index (χ2v) is 6.23. The molecular formula is C15H17IN2O2. The molecular weight excluding hydrogens is 367 g/mol. The van der Waals surface area contributed by atoms with Crippen LogP contribution in [0.4, 0.5) is 5.69 Å². The van der Waals surface area contributed by atoms with Crippen LogP contribution in [0.25, 0.3) is 3.58 Å². The molecule has 0 bridgehead atoms. The Morgan fingerprint density at radius 2 is 2.45 bits per heavy atom. The van der Waals surface area contributed by atoms with Gasteiger partial charge in [0.1, 0.15) is 6.10 Å². The molecule has 0 radical (unpaired) electrons. The highest BCUT2D eigenvalue weighted by Crippen LogP contribution is 2.33. The molecule has 0 spiro atoms. The van der Waals surface area contributed by atoms with Crippen molar-refractivity contribution in [2.75, 3.05) is 24.6 Å². The average Bonchev–Trinajstić information content (AvgIpc) is 2.87. The van der Waals surface area contributed by atoms with Gasteiger partial charge in [0, 0.05) is 28.5 Å². The van der Waals surface area contributed by atoms with Gasteiger partial charge in [-0.3, -0.25) is 9.78 Å².